The Kier molecular flexibility index (Phi) is 7.61. The van der Waals surface area contributed by atoms with Gasteiger partial charge in [-0.2, -0.15) is 0 Å². The van der Waals surface area contributed by atoms with Crippen LogP contribution in [0.3, 0.4) is 0 Å². The molecule has 0 radical (unpaired) electrons. The molecule has 0 saturated carbocycles. The molecule has 0 saturated heterocycles. The van der Waals surface area contributed by atoms with Gasteiger partial charge in [0.2, 0.25) is 0 Å². The molecule has 18 heavy (non-hydrogen) atoms. The van der Waals surface area contributed by atoms with Gasteiger partial charge in [0.1, 0.15) is 0 Å². The summed E-state index contributed by atoms with van der Waals surface area (Å²) in [4.78, 5) is 15.6. The molecule has 98 valence electrons. The minimum Gasteiger partial charge on any atom is -0.295 e. The minimum absolute atomic E-state index is 0.0807. The highest BCUT2D eigenvalue weighted by Crippen LogP contribution is 2.21. The van der Waals surface area contributed by atoms with Crippen LogP contribution < -0.4 is 0 Å². The highest BCUT2D eigenvalue weighted by molar-refractivity contribution is 5.95. The molecule has 0 fully saturated rings. The lowest BCUT2D eigenvalue weighted by atomic mass is 10.0. The zero-order valence-corrected chi connectivity index (χ0v) is 12.2. The van der Waals surface area contributed by atoms with Gasteiger partial charge in [0.05, 0.1) is 5.70 Å². The number of carbonyl (C=O) groups excluding carboxylic acids is 1. The van der Waals surface area contributed by atoms with Crippen LogP contribution in [-0.4, -0.2) is 12.0 Å². The van der Waals surface area contributed by atoms with E-state index in [1.807, 2.05) is 58.9 Å². The lowest BCUT2D eigenvalue weighted by Crippen LogP contribution is -1.95. The van der Waals surface area contributed by atoms with Gasteiger partial charge in [-0.25, -0.2) is 0 Å². The molecule has 0 amide bonds. The van der Waals surface area contributed by atoms with Gasteiger partial charge in [0.25, 0.3) is 0 Å². The fraction of sp³-hybridized carbons (Fsp3) is 0.375. The predicted molar refractivity (Wildman–Crippen MR) is 80.3 cm³/mol. The van der Waals surface area contributed by atoms with E-state index in [0.717, 1.165) is 22.4 Å². The molecule has 2 heteroatoms. The zero-order chi connectivity index (χ0) is 14.1. The summed E-state index contributed by atoms with van der Waals surface area (Å²) < 4.78 is 0. The number of allylic oxidation sites excluding steroid dienone is 1. The third-order valence-corrected chi connectivity index (χ3v) is 2.46. The summed E-state index contributed by atoms with van der Waals surface area (Å²) in [6, 6.07) is 5.71. The van der Waals surface area contributed by atoms with Crippen LogP contribution in [0.1, 0.15) is 56.1 Å². The molecule has 0 N–H and O–H groups in total. The minimum atomic E-state index is 0.0807. The number of aryl methyl sites for hydroxylation is 1. The zero-order valence-electron chi connectivity index (χ0n) is 12.2. The third kappa shape index (κ3) is 4.28. The maximum absolute atomic E-state index is 11.3. The molecule has 0 bridgehead atoms. The lowest BCUT2D eigenvalue weighted by molar-refractivity contribution is 0.101. The quantitative estimate of drug-likeness (QED) is 0.562. The van der Waals surface area contributed by atoms with Gasteiger partial charge in [0.15, 0.2) is 5.78 Å². The Labute approximate surface area is 110 Å². The normalized spacial score (nSPS) is 11.1. The van der Waals surface area contributed by atoms with Crippen molar-refractivity contribution >= 4 is 17.7 Å². The smallest absolute Gasteiger partial charge is 0.159 e. The molecule has 2 nitrogen and oxygen atoms in total. The summed E-state index contributed by atoms with van der Waals surface area (Å²) in [5, 5.41) is 0. The van der Waals surface area contributed by atoms with Crippen LogP contribution in [0.4, 0.5) is 0 Å². The molecular formula is C16H23NO. The van der Waals surface area contributed by atoms with Crippen molar-refractivity contribution in [1.82, 2.24) is 0 Å². The largest absolute Gasteiger partial charge is 0.295 e. The van der Waals surface area contributed by atoms with E-state index in [4.69, 9.17) is 0 Å². The molecule has 0 aliphatic heterocycles. The first-order chi connectivity index (χ1) is 8.60. The fourth-order valence-electron chi connectivity index (χ4n) is 1.56. The second-order valence-corrected chi connectivity index (χ2v) is 3.65. The van der Waals surface area contributed by atoms with Crippen LogP contribution in [0.2, 0.25) is 0 Å². The summed E-state index contributed by atoms with van der Waals surface area (Å²) in [7, 11) is 0. The Morgan fingerprint density at radius 3 is 2.28 bits per heavy atom. The first-order valence-electron chi connectivity index (χ1n) is 6.37. The molecule has 0 spiro atoms. The van der Waals surface area contributed by atoms with Crippen molar-refractivity contribution in [3.63, 3.8) is 0 Å². The van der Waals surface area contributed by atoms with Gasteiger partial charge in [0, 0.05) is 17.3 Å². The average Bonchev–Trinajstić information content (AvgIpc) is 2.39. The number of carbonyl (C=O) groups is 1. The molecule has 1 aromatic rings. The third-order valence-electron chi connectivity index (χ3n) is 2.46. The van der Waals surface area contributed by atoms with Gasteiger partial charge in [-0.3, -0.25) is 9.79 Å². The molecule has 0 unspecified atom stereocenters. The molecule has 0 aliphatic carbocycles. The lowest BCUT2D eigenvalue weighted by Gasteiger charge is -2.07. The molecule has 0 aliphatic rings. The predicted octanol–water partition coefficient (Wildman–Crippen LogP) is 4.68. The van der Waals surface area contributed by atoms with E-state index in [1.54, 1.807) is 13.1 Å². The van der Waals surface area contributed by atoms with E-state index >= 15 is 0 Å². The maximum Gasteiger partial charge on any atom is 0.159 e. The Bertz CT molecular complexity index is 456. The number of nitrogens with zero attached hydrogens (tertiary/aromatic N) is 1. The number of hydrogen-bond donors (Lipinski definition) is 0. The molecular weight excluding hydrogens is 222 g/mol. The SMILES string of the molecule is CC.CC=N/C(=C\C)c1cc(C(C)=O)ccc1C. The summed E-state index contributed by atoms with van der Waals surface area (Å²) >= 11 is 0. The molecule has 0 aromatic heterocycles. The molecule has 0 atom stereocenters. The standard InChI is InChI=1S/C14H17NO.C2H6/c1-5-14(15-6-2)13-9-12(11(4)16)8-7-10(13)3;1-2/h5-9H,1-4H3;1-2H3/b14-5-,15-6?;. The first kappa shape index (κ1) is 16.3. The van der Waals surface area contributed by atoms with Crippen molar-refractivity contribution < 1.29 is 4.79 Å². The van der Waals surface area contributed by atoms with Crippen molar-refractivity contribution in [3.05, 3.63) is 41.0 Å². The Morgan fingerprint density at radius 1 is 1.22 bits per heavy atom. The van der Waals surface area contributed by atoms with Gasteiger partial charge in [-0.05, 0) is 39.3 Å². The van der Waals surface area contributed by atoms with E-state index in [1.165, 1.54) is 0 Å². The second-order valence-electron chi connectivity index (χ2n) is 3.65. The molecule has 1 aromatic carbocycles. The number of aliphatic imine (C=N–C) groups is 1. The van der Waals surface area contributed by atoms with E-state index in [9.17, 15) is 4.79 Å². The monoisotopic (exact) mass is 245 g/mol. The summed E-state index contributed by atoms with van der Waals surface area (Å²) in [6.45, 7) is 11.4. The average molecular weight is 245 g/mol. The number of hydrogen-bond acceptors (Lipinski definition) is 2. The van der Waals surface area contributed by atoms with Gasteiger partial charge in [-0.1, -0.05) is 32.1 Å². The van der Waals surface area contributed by atoms with Crippen LogP contribution in [0.25, 0.3) is 5.70 Å². The summed E-state index contributed by atoms with van der Waals surface area (Å²) in [5.74, 6) is 0.0807. The van der Waals surface area contributed by atoms with Crippen LogP contribution in [0, 0.1) is 6.92 Å². The molecule has 1 rings (SSSR count). The van der Waals surface area contributed by atoms with Crippen molar-refractivity contribution in [3.8, 4) is 0 Å². The number of ketones is 1. The van der Waals surface area contributed by atoms with E-state index in [0.29, 0.717) is 0 Å². The van der Waals surface area contributed by atoms with Gasteiger partial charge in [-0.15, -0.1) is 0 Å². The number of Topliss-reactive ketones (excluding diaryl/α,β-unsaturated/α-hetero) is 1. The van der Waals surface area contributed by atoms with Crippen molar-refractivity contribution in [1.29, 1.82) is 0 Å². The fourth-order valence-corrected chi connectivity index (χ4v) is 1.56. The Balaban J connectivity index is 0.00000137. The number of rotatable bonds is 3. The second kappa shape index (κ2) is 8.40. The molecule has 0 heterocycles. The summed E-state index contributed by atoms with van der Waals surface area (Å²) in [5.41, 5.74) is 3.78. The van der Waals surface area contributed by atoms with Gasteiger partial charge >= 0.3 is 0 Å². The van der Waals surface area contributed by atoms with Crippen molar-refractivity contribution in [2.24, 2.45) is 4.99 Å². The highest BCUT2D eigenvalue weighted by Gasteiger charge is 2.06. The van der Waals surface area contributed by atoms with Crippen LogP contribution in [-0.2, 0) is 0 Å². The van der Waals surface area contributed by atoms with Gasteiger partial charge < -0.3 is 0 Å². The van der Waals surface area contributed by atoms with Crippen LogP contribution in [0.5, 0.6) is 0 Å². The number of benzene rings is 1. The van der Waals surface area contributed by atoms with Crippen LogP contribution >= 0.6 is 0 Å². The van der Waals surface area contributed by atoms with E-state index in [-0.39, 0.29) is 5.78 Å². The maximum atomic E-state index is 11.3. The van der Waals surface area contributed by atoms with E-state index in [2.05, 4.69) is 4.99 Å². The summed E-state index contributed by atoms with van der Waals surface area (Å²) in [6.07, 6.45) is 3.71. The van der Waals surface area contributed by atoms with E-state index < -0.39 is 0 Å². The van der Waals surface area contributed by atoms with Crippen LogP contribution in [0.15, 0.2) is 29.3 Å². The topological polar surface area (TPSA) is 29.4 Å². The Morgan fingerprint density at radius 2 is 1.83 bits per heavy atom. The first-order valence-corrected chi connectivity index (χ1v) is 6.37. The highest BCUT2D eigenvalue weighted by atomic mass is 16.1. The Hall–Kier alpha value is -1.70. The van der Waals surface area contributed by atoms with Crippen molar-refractivity contribution in [2.75, 3.05) is 0 Å². The van der Waals surface area contributed by atoms with Crippen molar-refractivity contribution in [2.45, 2.75) is 41.5 Å².